The minimum absolute atomic E-state index is 0.0499. The molecule has 0 radical (unpaired) electrons. The second-order valence-electron chi connectivity index (χ2n) is 3.78. The number of nitrogens with zero attached hydrogens (tertiary/aromatic N) is 1. The number of alkyl halides is 1. The van der Waals surface area contributed by atoms with Crippen molar-refractivity contribution in [2.75, 3.05) is 0 Å². The van der Waals surface area contributed by atoms with Gasteiger partial charge in [0.15, 0.2) is 0 Å². The average molecular weight is 232 g/mol. The van der Waals surface area contributed by atoms with Crippen LogP contribution in [0.2, 0.25) is 0 Å². The molecule has 16 heavy (non-hydrogen) atoms. The molecule has 82 valence electrons. The van der Waals surface area contributed by atoms with Crippen LogP contribution in [0.1, 0.15) is 22.9 Å². The highest BCUT2D eigenvalue weighted by Gasteiger charge is 2.07. The van der Waals surface area contributed by atoms with Crippen molar-refractivity contribution < 1.29 is 0 Å². The summed E-state index contributed by atoms with van der Waals surface area (Å²) in [6.45, 7) is 0. The van der Waals surface area contributed by atoms with Gasteiger partial charge in [0.2, 0.25) is 0 Å². The second-order valence-corrected chi connectivity index (χ2v) is 4.30. The summed E-state index contributed by atoms with van der Waals surface area (Å²) in [5, 5.41) is 0.0499. The van der Waals surface area contributed by atoms with Crippen molar-refractivity contribution in [3.8, 4) is 0 Å². The lowest BCUT2D eigenvalue weighted by Gasteiger charge is -2.08. The van der Waals surface area contributed by atoms with E-state index in [0.717, 1.165) is 18.4 Å². The van der Waals surface area contributed by atoms with E-state index < -0.39 is 0 Å². The number of halogens is 1. The second kappa shape index (κ2) is 5.66. The summed E-state index contributed by atoms with van der Waals surface area (Å²) >= 11 is 6.32. The normalized spacial score (nSPS) is 12.3. The molecule has 0 aliphatic rings. The Morgan fingerprint density at radius 3 is 2.56 bits per heavy atom. The molecule has 1 unspecified atom stereocenters. The molecule has 2 aromatic rings. The van der Waals surface area contributed by atoms with Crippen LogP contribution in [0.4, 0.5) is 0 Å². The smallest absolute Gasteiger partial charge is 0.0603 e. The fourth-order valence-corrected chi connectivity index (χ4v) is 1.90. The average Bonchev–Trinajstić information content (AvgIpc) is 2.38. The first-order valence-electron chi connectivity index (χ1n) is 5.44. The fraction of sp³-hybridized carbons (Fsp3) is 0.214. The van der Waals surface area contributed by atoms with Gasteiger partial charge in [0.1, 0.15) is 0 Å². The predicted octanol–water partition coefficient (Wildman–Crippen LogP) is 3.99. The van der Waals surface area contributed by atoms with Gasteiger partial charge in [-0.3, -0.25) is 4.98 Å². The van der Waals surface area contributed by atoms with E-state index in [-0.39, 0.29) is 5.38 Å². The quantitative estimate of drug-likeness (QED) is 0.725. The van der Waals surface area contributed by atoms with Crippen molar-refractivity contribution in [2.45, 2.75) is 18.2 Å². The van der Waals surface area contributed by atoms with Gasteiger partial charge in [0.05, 0.1) is 5.38 Å². The van der Waals surface area contributed by atoms with Crippen LogP contribution < -0.4 is 0 Å². The first-order valence-corrected chi connectivity index (χ1v) is 5.88. The zero-order valence-electron chi connectivity index (χ0n) is 9.01. The van der Waals surface area contributed by atoms with Crippen molar-refractivity contribution in [1.29, 1.82) is 0 Å². The van der Waals surface area contributed by atoms with E-state index in [4.69, 9.17) is 11.6 Å². The molecule has 1 aromatic carbocycles. The van der Waals surface area contributed by atoms with Crippen LogP contribution in [0.5, 0.6) is 0 Å². The Morgan fingerprint density at radius 2 is 1.88 bits per heavy atom. The largest absolute Gasteiger partial charge is 0.264 e. The highest BCUT2D eigenvalue weighted by molar-refractivity contribution is 6.20. The van der Waals surface area contributed by atoms with Gasteiger partial charge in [-0.2, -0.15) is 0 Å². The van der Waals surface area contributed by atoms with E-state index in [9.17, 15) is 0 Å². The Balaban J connectivity index is 1.92. The van der Waals surface area contributed by atoms with Crippen LogP contribution in [-0.4, -0.2) is 4.98 Å². The summed E-state index contributed by atoms with van der Waals surface area (Å²) in [5.74, 6) is 0. The van der Waals surface area contributed by atoms with E-state index in [2.05, 4.69) is 29.2 Å². The van der Waals surface area contributed by atoms with Gasteiger partial charge >= 0.3 is 0 Å². The Kier molecular flexibility index (Phi) is 3.95. The lowest BCUT2D eigenvalue weighted by Crippen LogP contribution is -1.94. The number of hydrogen-bond donors (Lipinski definition) is 0. The van der Waals surface area contributed by atoms with Crippen molar-refractivity contribution in [3.05, 3.63) is 66.0 Å². The van der Waals surface area contributed by atoms with Gasteiger partial charge < -0.3 is 0 Å². The highest BCUT2D eigenvalue weighted by Crippen LogP contribution is 2.24. The molecule has 2 rings (SSSR count). The van der Waals surface area contributed by atoms with Gasteiger partial charge in [-0.15, -0.1) is 11.6 Å². The van der Waals surface area contributed by atoms with Crippen LogP contribution in [0.15, 0.2) is 54.9 Å². The Hall–Kier alpha value is -1.34. The molecular weight excluding hydrogens is 218 g/mol. The van der Waals surface area contributed by atoms with Gasteiger partial charge in [-0.05, 0) is 30.0 Å². The number of aromatic nitrogens is 1. The first-order chi connectivity index (χ1) is 7.86. The number of benzene rings is 1. The van der Waals surface area contributed by atoms with Gasteiger partial charge in [-0.1, -0.05) is 36.4 Å². The maximum absolute atomic E-state index is 6.32. The van der Waals surface area contributed by atoms with Crippen LogP contribution >= 0.6 is 11.6 Å². The van der Waals surface area contributed by atoms with Crippen LogP contribution in [0.25, 0.3) is 0 Å². The zero-order chi connectivity index (χ0) is 11.2. The third kappa shape index (κ3) is 3.07. The topological polar surface area (TPSA) is 12.9 Å². The lowest BCUT2D eigenvalue weighted by atomic mass is 10.1. The molecule has 0 spiro atoms. The molecule has 0 aliphatic heterocycles. The molecule has 1 aromatic heterocycles. The Morgan fingerprint density at radius 1 is 1.06 bits per heavy atom. The number of pyridine rings is 1. The van der Waals surface area contributed by atoms with Gasteiger partial charge in [0, 0.05) is 12.4 Å². The summed E-state index contributed by atoms with van der Waals surface area (Å²) in [5.41, 5.74) is 2.43. The molecule has 0 saturated heterocycles. The summed E-state index contributed by atoms with van der Waals surface area (Å²) in [7, 11) is 0. The SMILES string of the molecule is ClC(CCc1ccccc1)c1cccnc1. The molecule has 1 nitrogen and oxygen atoms in total. The standard InChI is InChI=1S/C14H14ClN/c15-14(13-7-4-10-16-11-13)9-8-12-5-2-1-3-6-12/h1-7,10-11,14H,8-9H2. The van der Waals surface area contributed by atoms with Crippen molar-refractivity contribution in [1.82, 2.24) is 4.98 Å². The molecule has 0 saturated carbocycles. The van der Waals surface area contributed by atoms with Crippen molar-refractivity contribution >= 4 is 11.6 Å². The summed E-state index contributed by atoms with van der Waals surface area (Å²) < 4.78 is 0. The molecule has 0 aliphatic carbocycles. The monoisotopic (exact) mass is 231 g/mol. The molecule has 0 bridgehead atoms. The van der Waals surface area contributed by atoms with E-state index in [1.165, 1.54) is 5.56 Å². The Labute approximate surface area is 101 Å². The van der Waals surface area contributed by atoms with Crippen LogP contribution in [0.3, 0.4) is 0 Å². The van der Waals surface area contributed by atoms with Crippen molar-refractivity contribution in [2.24, 2.45) is 0 Å². The third-order valence-electron chi connectivity index (χ3n) is 2.58. The minimum Gasteiger partial charge on any atom is -0.264 e. The van der Waals surface area contributed by atoms with E-state index >= 15 is 0 Å². The molecule has 1 atom stereocenters. The lowest BCUT2D eigenvalue weighted by molar-refractivity contribution is 0.790. The first kappa shape index (κ1) is 11.2. The maximum Gasteiger partial charge on any atom is 0.0603 e. The summed E-state index contributed by atoms with van der Waals surface area (Å²) in [6.07, 6.45) is 5.55. The summed E-state index contributed by atoms with van der Waals surface area (Å²) in [6, 6.07) is 14.4. The van der Waals surface area contributed by atoms with Crippen molar-refractivity contribution in [3.63, 3.8) is 0 Å². The number of rotatable bonds is 4. The third-order valence-corrected chi connectivity index (χ3v) is 3.05. The molecule has 0 fully saturated rings. The van der Waals surface area contributed by atoms with Gasteiger partial charge in [0.25, 0.3) is 0 Å². The maximum atomic E-state index is 6.32. The van der Waals surface area contributed by atoms with E-state index in [1.54, 1.807) is 6.20 Å². The molecular formula is C14H14ClN. The summed E-state index contributed by atoms with van der Waals surface area (Å²) in [4.78, 5) is 4.08. The number of hydrogen-bond acceptors (Lipinski definition) is 1. The van der Waals surface area contributed by atoms with E-state index in [0.29, 0.717) is 0 Å². The Bertz CT molecular complexity index is 413. The minimum atomic E-state index is 0.0499. The number of aryl methyl sites for hydroxylation is 1. The van der Waals surface area contributed by atoms with Crippen LogP contribution in [-0.2, 0) is 6.42 Å². The van der Waals surface area contributed by atoms with Crippen LogP contribution in [0, 0.1) is 0 Å². The van der Waals surface area contributed by atoms with Gasteiger partial charge in [-0.25, -0.2) is 0 Å². The molecule has 1 heterocycles. The zero-order valence-corrected chi connectivity index (χ0v) is 9.77. The fourth-order valence-electron chi connectivity index (χ4n) is 1.67. The molecule has 0 amide bonds. The highest BCUT2D eigenvalue weighted by atomic mass is 35.5. The molecule has 2 heteroatoms. The molecule has 0 N–H and O–H groups in total. The van der Waals surface area contributed by atoms with E-state index in [1.807, 2.05) is 24.4 Å². The predicted molar refractivity (Wildman–Crippen MR) is 67.6 cm³/mol.